The number of amides is 1. The third kappa shape index (κ3) is 3.16. The van der Waals surface area contributed by atoms with Gasteiger partial charge < -0.3 is 10.1 Å². The van der Waals surface area contributed by atoms with E-state index < -0.39 is 0 Å². The van der Waals surface area contributed by atoms with Crippen LogP contribution in [0.5, 0.6) is 5.75 Å². The summed E-state index contributed by atoms with van der Waals surface area (Å²) >= 11 is 1.47. The van der Waals surface area contributed by atoms with E-state index in [2.05, 4.69) is 25.2 Å². The van der Waals surface area contributed by atoms with Gasteiger partial charge in [0.05, 0.1) is 17.5 Å². The Balaban J connectivity index is 1.62. The Morgan fingerprint density at radius 2 is 2.04 bits per heavy atom. The summed E-state index contributed by atoms with van der Waals surface area (Å²) in [6, 6.07) is 10.2. The second kappa shape index (κ2) is 6.88. The number of carbonyl (C=O) groups excluding carboxylic acids is 1. The van der Waals surface area contributed by atoms with Crippen LogP contribution in [0, 0.1) is 11.8 Å². The highest BCUT2D eigenvalue weighted by Crippen LogP contribution is 2.32. The zero-order valence-electron chi connectivity index (χ0n) is 15.4. The topological polar surface area (TPSA) is 51.2 Å². The smallest absolute Gasteiger partial charge is 0.261 e. The van der Waals surface area contributed by atoms with E-state index in [1.54, 1.807) is 7.11 Å². The Labute approximate surface area is 157 Å². The van der Waals surface area contributed by atoms with Crippen molar-refractivity contribution < 1.29 is 9.53 Å². The molecule has 3 aromatic rings. The Bertz CT molecular complexity index is 965. The summed E-state index contributed by atoms with van der Waals surface area (Å²) in [7, 11) is 1.66. The minimum Gasteiger partial charge on any atom is -0.497 e. The number of hydrogen-bond acceptors (Lipinski definition) is 4. The summed E-state index contributed by atoms with van der Waals surface area (Å²) in [5.41, 5.74) is 0.918. The minimum absolute atomic E-state index is 0.0283. The molecule has 0 aliphatic heterocycles. The van der Waals surface area contributed by atoms with Gasteiger partial charge in [-0.1, -0.05) is 26.7 Å². The fourth-order valence-corrected chi connectivity index (χ4v) is 4.80. The van der Waals surface area contributed by atoms with Crippen molar-refractivity contribution in [3.8, 4) is 5.75 Å². The largest absolute Gasteiger partial charge is 0.497 e. The zero-order chi connectivity index (χ0) is 18.3. The molecule has 0 spiro atoms. The van der Waals surface area contributed by atoms with Crippen LogP contribution in [-0.2, 0) is 0 Å². The highest BCUT2D eigenvalue weighted by Gasteiger charge is 2.28. The molecule has 3 atom stereocenters. The quantitative estimate of drug-likeness (QED) is 0.707. The van der Waals surface area contributed by atoms with Gasteiger partial charge in [-0.15, -0.1) is 11.3 Å². The number of hydrogen-bond donors (Lipinski definition) is 1. The molecule has 1 aliphatic rings. The molecular formula is C21H24N2O2S. The number of nitrogens with zero attached hydrogens (tertiary/aromatic N) is 1. The first-order chi connectivity index (χ1) is 12.5. The Hall–Kier alpha value is -2.14. The molecule has 1 aromatic carbocycles. The van der Waals surface area contributed by atoms with Crippen molar-refractivity contribution in [3.63, 3.8) is 0 Å². The number of thiophene rings is 1. The molecule has 0 saturated heterocycles. The van der Waals surface area contributed by atoms with Crippen LogP contribution >= 0.6 is 11.3 Å². The maximum atomic E-state index is 12.8. The molecule has 136 valence electrons. The average Bonchev–Trinajstić information content (AvgIpc) is 3.06. The molecule has 26 heavy (non-hydrogen) atoms. The summed E-state index contributed by atoms with van der Waals surface area (Å²) in [6.07, 6.45) is 3.53. The molecule has 2 aromatic heterocycles. The molecule has 1 saturated carbocycles. The predicted molar refractivity (Wildman–Crippen MR) is 107 cm³/mol. The maximum absolute atomic E-state index is 12.8. The second-order valence-electron chi connectivity index (χ2n) is 7.40. The first-order valence-electron chi connectivity index (χ1n) is 9.24. The standard InChI is InChI=1S/C21H24N2O2S/c1-12-5-4-6-17(13(12)2)22-20(24)19-11-15-9-14-10-16(25-3)7-8-18(14)23-21(15)26-19/h7-13,17H,4-6H2,1-3H3,(H,22,24)/t12-,13+,17+/m0/s1. The van der Waals surface area contributed by atoms with Gasteiger partial charge in [0.1, 0.15) is 10.6 Å². The minimum atomic E-state index is 0.0283. The monoisotopic (exact) mass is 368 g/mol. The van der Waals surface area contributed by atoms with Crippen LogP contribution in [0.1, 0.15) is 42.8 Å². The molecule has 1 fully saturated rings. The van der Waals surface area contributed by atoms with E-state index in [9.17, 15) is 4.79 Å². The summed E-state index contributed by atoms with van der Waals surface area (Å²) in [5, 5.41) is 5.29. The van der Waals surface area contributed by atoms with Gasteiger partial charge in [-0.05, 0) is 48.6 Å². The van der Waals surface area contributed by atoms with Crippen molar-refractivity contribution in [3.05, 3.63) is 35.2 Å². The average molecular weight is 369 g/mol. The number of fused-ring (bicyclic) bond motifs is 2. The van der Waals surface area contributed by atoms with Crippen LogP contribution in [0.4, 0.5) is 0 Å². The summed E-state index contributed by atoms with van der Waals surface area (Å²) in [6.45, 7) is 4.54. The molecule has 4 nitrogen and oxygen atoms in total. The van der Waals surface area contributed by atoms with Crippen molar-refractivity contribution >= 4 is 38.4 Å². The van der Waals surface area contributed by atoms with Gasteiger partial charge in [0, 0.05) is 16.8 Å². The van der Waals surface area contributed by atoms with Crippen molar-refractivity contribution in [1.82, 2.24) is 10.3 Å². The zero-order valence-corrected chi connectivity index (χ0v) is 16.2. The summed E-state index contributed by atoms with van der Waals surface area (Å²) in [4.78, 5) is 19.1. The van der Waals surface area contributed by atoms with E-state index in [-0.39, 0.29) is 11.9 Å². The van der Waals surface area contributed by atoms with Crippen LogP contribution in [0.15, 0.2) is 30.3 Å². The lowest BCUT2D eigenvalue weighted by Gasteiger charge is -2.34. The third-order valence-corrected chi connectivity index (χ3v) is 6.80. The van der Waals surface area contributed by atoms with E-state index in [1.165, 1.54) is 24.2 Å². The van der Waals surface area contributed by atoms with Gasteiger partial charge in [-0.25, -0.2) is 4.98 Å². The van der Waals surface area contributed by atoms with Gasteiger partial charge in [0.15, 0.2) is 0 Å². The number of methoxy groups -OCH3 is 1. The lowest BCUT2D eigenvalue weighted by molar-refractivity contribution is 0.0895. The van der Waals surface area contributed by atoms with Crippen LogP contribution in [0.25, 0.3) is 21.1 Å². The number of benzene rings is 1. The number of rotatable bonds is 3. The molecular weight excluding hydrogens is 344 g/mol. The number of carbonyl (C=O) groups is 1. The molecule has 2 heterocycles. The number of ether oxygens (including phenoxy) is 1. The summed E-state index contributed by atoms with van der Waals surface area (Å²) < 4.78 is 5.29. The molecule has 1 aliphatic carbocycles. The number of aromatic nitrogens is 1. The maximum Gasteiger partial charge on any atom is 0.261 e. The molecule has 1 N–H and O–H groups in total. The molecule has 0 bridgehead atoms. The van der Waals surface area contributed by atoms with Crippen molar-refractivity contribution in [2.75, 3.05) is 7.11 Å². The van der Waals surface area contributed by atoms with E-state index in [0.29, 0.717) is 11.8 Å². The Morgan fingerprint density at radius 1 is 1.19 bits per heavy atom. The Kier molecular flexibility index (Phi) is 4.57. The second-order valence-corrected chi connectivity index (χ2v) is 8.43. The molecule has 4 rings (SSSR count). The van der Waals surface area contributed by atoms with Crippen molar-refractivity contribution in [2.45, 2.75) is 39.2 Å². The first kappa shape index (κ1) is 17.3. The van der Waals surface area contributed by atoms with Crippen molar-refractivity contribution in [2.24, 2.45) is 11.8 Å². The highest BCUT2D eigenvalue weighted by molar-refractivity contribution is 7.20. The van der Waals surface area contributed by atoms with E-state index in [0.717, 1.165) is 38.2 Å². The first-order valence-corrected chi connectivity index (χ1v) is 10.1. The van der Waals surface area contributed by atoms with Crippen LogP contribution in [0.3, 0.4) is 0 Å². The SMILES string of the molecule is COc1ccc2nc3sc(C(=O)N[C@@H]4CCC[C@H](C)[C@H]4C)cc3cc2c1. The number of nitrogens with one attached hydrogen (secondary N) is 1. The predicted octanol–water partition coefficient (Wildman–Crippen LogP) is 5.01. The lowest BCUT2D eigenvalue weighted by atomic mass is 9.78. The van der Waals surface area contributed by atoms with Crippen LogP contribution < -0.4 is 10.1 Å². The molecule has 5 heteroatoms. The van der Waals surface area contributed by atoms with Gasteiger partial charge in [0.25, 0.3) is 5.91 Å². The van der Waals surface area contributed by atoms with Gasteiger partial charge in [-0.3, -0.25) is 4.79 Å². The van der Waals surface area contributed by atoms with Crippen molar-refractivity contribution in [1.29, 1.82) is 0 Å². The van der Waals surface area contributed by atoms with Gasteiger partial charge in [-0.2, -0.15) is 0 Å². The normalized spacial score (nSPS) is 23.3. The van der Waals surface area contributed by atoms with Gasteiger partial charge >= 0.3 is 0 Å². The fourth-order valence-electron chi connectivity index (χ4n) is 3.88. The van der Waals surface area contributed by atoms with E-state index in [4.69, 9.17) is 9.72 Å². The highest BCUT2D eigenvalue weighted by atomic mass is 32.1. The Morgan fingerprint density at radius 3 is 2.85 bits per heavy atom. The van der Waals surface area contributed by atoms with E-state index >= 15 is 0 Å². The van der Waals surface area contributed by atoms with Gasteiger partial charge in [0.2, 0.25) is 0 Å². The molecule has 0 radical (unpaired) electrons. The van der Waals surface area contributed by atoms with Crippen LogP contribution in [-0.4, -0.2) is 24.0 Å². The number of pyridine rings is 1. The third-order valence-electron chi connectivity index (χ3n) is 5.75. The molecule has 0 unspecified atom stereocenters. The van der Waals surface area contributed by atoms with Crippen LogP contribution in [0.2, 0.25) is 0 Å². The molecule has 1 amide bonds. The summed E-state index contributed by atoms with van der Waals surface area (Å²) in [5.74, 6) is 2.03. The lowest BCUT2D eigenvalue weighted by Crippen LogP contribution is -2.43. The fraction of sp³-hybridized carbons (Fsp3) is 0.429. The van der Waals surface area contributed by atoms with E-state index in [1.807, 2.05) is 24.3 Å².